The van der Waals surface area contributed by atoms with E-state index < -0.39 is 10.8 Å². The molecule has 0 heterocycles. The zero-order chi connectivity index (χ0) is 16.7. The van der Waals surface area contributed by atoms with Crippen LogP contribution in [0.2, 0.25) is 0 Å². The molecule has 116 valence electrons. The lowest BCUT2D eigenvalue weighted by atomic mass is 10.1. The summed E-state index contributed by atoms with van der Waals surface area (Å²) in [6.07, 6.45) is 1.59. The minimum absolute atomic E-state index is 0.134. The van der Waals surface area contributed by atoms with Crippen LogP contribution in [0.4, 0.5) is 11.4 Å². The molecule has 2 aromatic carbocycles. The fourth-order valence-electron chi connectivity index (χ4n) is 1.99. The second-order valence-electron chi connectivity index (χ2n) is 4.83. The Bertz CT molecular complexity index is 774. The standard InChI is InChI=1S/C18H16N2O3/c1-2-3-5-9-14-12-8-13-16(20(22)23)17(14)19-18(21)15-10-6-4-7-11-15/h4,6-8,10-13H,2-3H2,1H3,(H,19,21). The second-order valence-corrected chi connectivity index (χ2v) is 4.83. The van der Waals surface area contributed by atoms with Gasteiger partial charge < -0.3 is 5.32 Å². The van der Waals surface area contributed by atoms with Gasteiger partial charge >= 0.3 is 0 Å². The number of nitro benzene ring substituents is 1. The van der Waals surface area contributed by atoms with E-state index in [4.69, 9.17) is 0 Å². The van der Waals surface area contributed by atoms with Gasteiger partial charge in [-0.05, 0) is 24.6 Å². The number of unbranched alkanes of at least 4 members (excludes halogenated alkanes) is 1. The third-order valence-corrected chi connectivity index (χ3v) is 3.11. The highest BCUT2D eigenvalue weighted by atomic mass is 16.6. The number of nitrogens with one attached hydrogen (secondary N) is 1. The molecule has 23 heavy (non-hydrogen) atoms. The molecule has 1 N–H and O–H groups in total. The summed E-state index contributed by atoms with van der Waals surface area (Å²) in [4.78, 5) is 23.0. The molecule has 5 nitrogen and oxygen atoms in total. The van der Waals surface area contributed by atoms with Crippen LogP contribution in [0.5, 0.6) is 0 Å². The first-order chi connectivity index (χ1) is 11.1. The molecule has 2 aromatic rings. The Kier molecular flexibility index (Phi) is 5.48. The topological polar surface area (TPSA) is 72.2 Å². The lowest BCUT2D eigenvalue weighted by Gasteiger charge is -2.08. The summed E-state index contributed by atoms with van der Waals surface area (Å²) in [5, 5.41) is 13.8. The molecule has 0 spiro atoms. The zero-order valence-electron chi connectivity index (χ0n) is 12.7. The molecular formula is C18H16N2O3. The first-order valence-electron chi connectivity index (χ1n) is 7.26. The molecule has 0 aliphatic heterocycles. The van der Waals surface area contributed by atoms with Crippen LogP contribution < -0.4 is 5.32 Å². The average Bonchev–Trinajstić information content (AvgIpc) is 2.56. The lowest BCUT2D eigenvalue weighted by molar-refractivity contribution is -0.383. The third-order valence-electron chi connectivity index (χ3n) is 3.11. The Balaban J connectivity index is 2.40. The van der Waals surface area contributed by atoms with Crippen LogP contribution in [0.1, 0.15) is 35.7 Å². The van der Waals surface area contributed by atoms with Gasteiger partial charge in [-0.15, -0.1) is 0 Å². The number of rotatable bonds is 4. The van der Waals surface area contributed by atoms with E-state index in [1.807, 2.05) is 6.92 Å². The highest BCUT2D eigenvalue weighted by molar-refractivity contribution is 6.06. The van der Waals surface area contributed by atoms with Crippen molar-refractivity contribution in [3.63, 3.8) is 0 Å². The summed E-state index contributed by atoms with van der Waals surface area (Å²) in [6.45, 7) is 2.00. The van der Waals surface area contributed by atoms with Crippen molar-refractivity contribution in [2.24, 2.45) is 0 Å². The number of nitrogens with zero attached hydrogens (tertiary/aromatic N) is 1. The summed E-state index contributed by atoms with van der Waals surface area (Å²) in [5.74, 6) is 5.44. The number of carbonyl (C=O) groups is 1. The molecule has 0 atom stereocenters. The number of hydrogen-bond donors (Lipinski definition) is 1. The molecular weight excluding hydrogens is 292 g/mol. The maximum atomic E-state index is 12.3. The number of anilines is 1. The Morgan fingerprint density at radius 3 is 2.57 bits per heavy atom. The Morgan fingerprint density at radius 1 is 1.17 bits per heavy atom. The Hall–Kier alpha value is -3.13. The monoisotopic (exact) mass is 308 g/mol. The fraction of sp³-hybridized carbons (Fsp3) is 0.167. The first-order valence-corrected chi connectivity index (χ1v) is 7.26. The van der Waals surface area contributed by atoms with E-state index in [1.54, 1.807) is 42.5 Å². The van der Waals surface area contributed by atoms with E-state index in [0.717, 1.165) is 6.42 Å². The van der Waals surface area contributed by atoms with E-state index in [-0.39, 0.29) is 11.4 Å². The van der Waals surface area contributed by atoms with Crippen molar-refractivity contribution in [2.75, 3.05) is 5.32 Å². The minimum atomic E-state index is -0.522. The smallest absolute Gasteiger partial charge is 0.294 e. The molecule has 0 saturated carbocycles. The van der Waals surface area contributed by atoms with Crippen LogP contribution in [0.3, 0.4) is 0 Å². The Morgan fingerprint density at radius 2 is 1.91 bits per heavy atom. The molecule has 0 bridgehead atoms. The summed E-state index contributed by atoms with van der Waals surface area (Å²) in [5.41, 5.74) is 0.836. The molecule has 0 aliphatic rings. The van der Waals surface area contributed by atoms with Gasteiger partial charge in [-0.1, -0.05) is 43.0 Å². The molecule has 5 heteroatoms. The highest BCUT2D eigenvalue weighted by Gasteiger charge is 2.19. The van der Waals surface area contributed by atoms with E-state index in [1.165, 1.54) is 6.07 Å². The normalized spacial score (nSPS) is 9.61. The maximum absolute atomic E-state index is 12.3. The van der Waals surface area contributed by atoms with Crippen LogP contribution in [-0.2, 0) is 0 Å². The SMILES string of the molecule is CCCC#Cc1cccc([N+](=O)[O-])c1NC(=O)c1ccccc1. The van der Waals surface area contributed by atoms with Gasteiger partial charge in [-0.2, -0.15) is 0 Å². The van der Waals surface area contributed by atoms with Gasteiger partial charge in [0.25, 0.3) is 11.6 Å². The van der Waals surface area contributed by atoms with Gasteiger partial charge in [0.1, 0.15) is 5.69 Å². The van der Waals surface area contributed by atoms with Gasteiger partial charge in [0, 0.05) is 18.1 Å². The number of carbonyl (C=O) groups excluding carboxylic acids is 1. The first kappa shape index (κ1) is 16.2. The van der Waals surface area contributed by atoms with Crippen molar-refractivity contribution in [2.45, 2.75) is 19.8 Å². The summed E-state index contributed by atoms with van der Waals surface area (Å²) in [6, 6.07) is 13.1. The molecule has 1 amide bonds. The molecule has 0 radical (unpaired) electrons. The van der Waals surface area contributed by atoms with Crippen LogP contribution in [0.25, 0.3) is 0 Å². The summed E-state index contributed by atoms with van der Waals surface area (Å²) >= 11 is 0. The zero-order valence-corrected chi connectivity index (χ0v) is 12.7. The van der Waals surface area contributed by atoms with Crippen LogP contribution in [-0.4, -0.2) is 10.8 Å². The number of amides is 1. The lowest BCUT2D eigenvalue weighted by Crippen LogP contribution is -2.14. The van der Waals surface area contributed by atoms with Gasteiger partial charge in [0.05, 0.1) is 10.5 Å². The third kappa shape index (κ3) is 4.17. The van der Waals surface area contributed by atoms with E-state index in [9.17, 15) is 14.9 Å². The number of para-hydroxylation sites is 1. The van der Waals surface area contributed by atoms with Crippen LogP contribution in [0.15, 0.2) is 48.5 Å². The highest BCUT2D eigenvalue weighted by Crippen LogP contribution is 2.28. The molecule has 0 saturated heterocycles. The molecule has 0 aliphatic carbocycles. The quantitative estimate of drug-likeness (QED) is 0.527. The summed E-state index contributed by atoms with van der Waals surface area (Å²) < 4.78 is 0. The van der Waals surface area contributed by atoms with E-state index in [2.05, 4.69) is 17.2 Å². The van der Waals surface area contributed by atoms with Gasteiger partial charge in [-0.3, -0.25) is 14.9 Å². The van der Waals surface area contributed by atoms with Crippen molar-refractivity contribution in [3.8, 4) is 11.8 Å². The van der Waals surface area contributed by atoms with Crippen molar-refractivity contribution in [3.05, 3.63) is 69.8 Å². The number of benzene rings is 2. The molecule has 0 unspecified atom stereocenters. The minimum Gasteiger partial charge on any atom is -0.315 e. The summed E-state index contributed by atoms with van der Waals surface area (Å²) in [7, 11) is 0. The van der Waals surface area contributed by atoms with E-state index >= 15 is 0 Å². The van der Waals surface area contributed by atoms with Gasteiger partial charge in [-0.25, -0.2) is 0 Å². The fourth-order valence-corrected chi connectivity index (χ4v) is 1.99. The van der Waals surface area contributed by atoms with Crippen molar-refractivity contribution in [1.82, 2.24) is 0 Å². The number of hydrogen-bond acceptors (Lipinski definition) is 3. The predicted octanol–water partition coefficient (Wildman–Crippen LogP) is 4.00. The van der Waals surface area contributed by atoms with Gasteiger partial charge in [0.15, 0.2) is 0 Å². The Labute approximate surface area is 134 Å². The molecule has 0 aromatic heterocycles. The maximum Gasteiger partial charge on any atom is 0.294 e. The van der Waals surface area contributed by atoms with Crippen molar-refractivity contribution in [1.29, 1.82) is 0 Å². The second kappa shape index (κ2) is 7.76. The van der Waals surface area contributed by atoms with Crippen molar-refractivity contribution >= 4 is 17.3 Å². The van der Waals surface area contributed by atoms with Crippen LogP contribution >= 0.6 is 0 Å². The van der Waals surface area contributed by atoms with E-state index in [0.29, 0.717) is 17.5 Å². The predicted molar refractivity (Wildman–Crippen MR) is 89.3 cm³/mol. The van der Waals surface area contributed by atoms with Gasteiger partial charge in [0.2, 0.25) is 0 Å². The van der Waals surface area contributed by atoms with Crippen LogP contribution in [0, 0.1) is 22.0 Å². The molecule has 0 fully saturated rings. The van der Waals surface area contributed by atoms with Crippen molar-refractivity contribution < 1.29 is 9.72 Å². The molecule has 2 rings (SSSR count). The average molecular weight is 308 g/mol. The number of nitro groups is 1. The largest absolute Gasteiger partial charge is 0.315 e.